The lowest BCUT2D eigenvalue weighted by molar-refractivity contribution is -0.449. The maximum absolute atomic E-state index is 10.0. The third-order valence-corrected chi connectivity index (χ3v) is 5.85. The molecule has 0 radical (unpaired) electrons. The summed E-state index contributed by atoms with van der Waals surface area (Å²) in [4.78, 5) is 0. The molecule has 6 rings (SSSR count). The molecule has 4 nitrogen and oxygen atoms in total. The van der Waals surface area contributed by atoms with E-state index >= 15 is 0 Å². The maximum atomic E-state index is 10.0. The van der Waals surface area contributed by atoms with E-state index in [1.807, 2.05) is 12.1 Å². The van der Waals surface area contributed by atoms with Crippen LogP contribution < -0.4 is 4.40 Å². The van der Waals surface area contributed by atoms with Crippen LogP contribution in [-0.2, 0) is 7.05 Å². The van der Waals surface area contributed by atoms with Gasteiger partial charge in [0.15, 0.2) is 11.1 Å². The number of imidazole rings is 1. The topological polar surface area (TPSA) is 46.0 Å². The second-order valence-electron chi connectivity index (χ2n) is 7.30. The van der Waals surface area contributed by atoms with Crippen molar-refractivity contribution >= 4 is 49.3 Å². The molecule has 4 heteroatoms. The highest BCUT2D eigenvalue weighted by atomic mass is 16.3. The predicted molar refractivity (Wildman–Crippen MR) is 110 cm³/mol. The summed E-state index contributed by atoms with van der Waals surface area (Å²) in [7, 11) is 2.07. The molecular weight excluding hydrogens is 346 g/mol. The lowest BCUT2D eigenvalue weighted by atomic mass is 10.0. The van der Waals surface area contributed by atoms with E-state index in [4.69, 9.17) is 4.42 Å². The number of nitriles is 1. The van der Waals surface area contributed by atoms with Crippen LogP contribution in [0, 0.1) is 18.3 Å². The van der Waals surface area contributed by atoms with Crippen LogP contribution in [0.15, 0.2) is 65.3 Å². The minimum absolute atomic E-state index is 0.575. The molecule has 0 aliphatic carbocycles. The molecule has 0 atom stereocenters. The van der Waals surface area contributed by atoms with E-state index in [9.17, 15) is 5.26 Å². The summed E-state index contributed by atoms with van der Waals surface area (Å²) in [5.74, 6) is 0. The summed E-state index contributed by atoms with van der Waals surface area (Å²) >= 11 is 0. The number of fused-ring (bicyclic) bond motifs is 9. The average molecular weight is 362 g/mol. The number of rotatable bonds is 0. The van der Waals surface area contributed by atoms with Crippen LogP contribution in [0.1, 0.15) is 11.1 Å². The number of hydrogen-bond acceptors (Lipinski definition) is 2. The summed E-state index contributed by atoms with van der Waals surface area (Å²) in [6, 6.07) is 21.3. The van der Waals surface area contributed by atoms with Crippen molar-refractivity contribution in [3.63, 3.8) is 0 Å². The Morgan fingerprint density at radius 1 is 1.04 bits per heavy atom. The van der Waals surface area contributed by atoms with Gasteiger partial charge in [-0.2, -0.15) is 9.66 Å². The smallest absolute Gasteiger partial charge is 0.295 e. The van der Waals surface area contributed by atoms with E-state index in [-0.39, 0.29) is 0 Å². The van der Waals surface area contributed by atoms with Gasteiger partial charge < -0.3 is 4.42 Å². The Morgan fingerprint density at radius 3 is 2.71 bits per heavy atom. The largest absolute Gasteiger partial charge is 0.463 e. The van der Waals surface area contributed by atoms with Crippen molar-refractivity contribution in [3.8, 4) is 6.07 Å². The van der Waals surface area contributed by atoms with Crippen LogP contribution in [0.25, 0.3) is 49.3 Å². The van der Waals surface area contributed by atoms with Gasteiger partial charge in [0.05, 0.1) is 18.7 Å². The van der Waals surface area contributed by atoms with Gasteiger partial charge in [-0.3, -0.25) is 0 Å². The molecule has 0 N–H and O–H groups in total. The third-order valence-electron chi connectivity index (χ3n) is 5.85. The van der Waals surface area contributed by atoms with Crippen molar-refractivity contribution in [3.05, 3.63) is 72.0 Å². The second kappa shape index (κ2) is 5.11. The first-order valence-electron chi connectivity index (χ1n) is 9.25. The van der Waals surface area contributed by atoms with E-state index in [0.717, 1.165) is 27.6 Å². The zero-order valence-corrected chi connectivity index (χ0v) is 15.5. The zero-order chi connectivity index (χ0) is 19.0. The molecular formula is C24H16N3O+. The van der Waals surface area contributed by atoms with E-state index in [0.29, 0.717) is 11.1 Å². The van der Waals surface area contributed by atoms with Crippen molar-refractivity contribution in [2.24, 2.45) is 7.05 Å². The van der Waals surface area contributed by atoms with Gasteiger partial charge in [0.1, 0.15) is 17.1 Å². The molecule has 132 valence electrons. The summed E-state index contributed by atoms with van der Waals surface area (Å²) in [6.45, 7) is 2.14. The SMILES string of the molecule is Cc1cccc2c3ccccc3[n+]3c4c(C#N)c5occc5cc4n(C)c3c12. The highest BCUT2D eigenvalue weighted by Crippen LogP contribution is 2.34. The summed E-state index contributed by atoms with van der Waals surface area (Å²) < 4.78 is 10.1. The van der Waals surface area contributed by atoms with E-state index in [1.165, 1.54) is 21.7 Å². The van der Waals surface area contributed by atoms with Crippen molar-refractivity contribution in [1.29, 1.82) is 5.26 Å². The van der Waals surface area contributed by atoms with E-state index in [2.05, 4.69) is 71.5 Å². The molecule has 0 unspecified atom stereocenters. The molecule has 3 heterocycles. The molecule has 0 aliphatic heterocycles. The molecule has 0 fully saturated rings. The van der Waals surface area contributed by atoms with Crippen LogP contribution in [0.5, 0.6) is 0 Å². The molecule has 0 saturated heterocycles. The fraction of sp³-hybridized carbons (Fsp3) is 0.0833. The third kappa shape index (κ3) is 1.67. The highest BCUT2D eigenvalue weighted by Gasteiger charge is 2.28. The Bertz CT molecular complexity index is 1640. The Hall–Kier alpha value is -3.84. The van der Waals surface area contributed by atoms with Crippen molar-refractivity contribution in [1.82, 2.24) is 4.57 Å². The van der Waals surface area contributed by atoms with Gasteiger partial charge in [-0.15, -0.1) is 0 Å². The standard InChI is InChI=1S/C24H16N3O/c1-14-6-5-8-17-16-7-3-4-9-19(16)27-22-18(13-25)23-15(10-11-28-23)12-20(22)26(2)24(27)21(14)17/h3-12H,1-2H3/q+1. The number of hydrogen-bond donors (Lipinski definition) is 0. The number of nitrogens with zero attached hydrogens (tertiary/aromatic N) is 3. The number of aryl methyl sites for hydroxylation is 2. The van der Waals surface area contributed by atoms with Crippen molar-refractivity contribution in [2.75, 3.05) is 0 Å². The van der Waals surface area contributed by atoms with Crippen LogP contribution >= 0.6 is 0 Å². The van der Waals surface area contributed by atoms with E-state index in [1.54, 1.807) is 6.26 Å². The minimum Gasteiger partial charge on any atom is -0.463 e. The predicted octanol–water partition coefficient (Wildman–Crippen LogP) is 5.15. The Labute approximate surface area is 160 Å². The molecule has 0 aliphatic rings. The average Bonchev–Trinajstić information content (AvgIpc) is 3.30. The lowest BCUT2D eigenvalue weighted by Gasteiger charge is -2.06. The van der Waals surface area contributed by atoms with Gasteiger partial charge in [-0.05, 0) is 24.6 Å². The molecule has 3 aromatic heterocycles. The molecule has 0 spiro atoms. The maximum Gasteiger partial charge on any atom is 0.295 e. The first-order valence-corrected chi connectivity index (χ1v) is 9.25. The van der Waals surface area contributed by atoms with Crippen molar-refractivity contribution in [2.45, 2.75) is 6.92 Å². The van der Waals surface area contributed by atoms with Gasteiger partial charge in [-0.25, -0.2) is 4.57 Å². The highest BCUT2D eigenvalue weighted by molar-refractivity contribution is 6.12. The van der Waals surface area contributed by atoms with Gasteiger partial charge >= 0.3 is 0 Å². The number of aromatic nitrogens is 2. The van der Waals surface area contributed by atoms with Gasteiger partial charge in [0, 0.05) is 22.2 Å². The minimum atomic E-state index is 0.575. The number of para-hydroxylation sites is 1. The summed E-state index contributed by atoms with van der Waals surface area (Å²) in [5.41, 5.74) is 6.52. The molecule has 3 aromatic carbocycles. The number of pyridine rings is 1. The molecule has 0 saturated carbocycles. The monoisotopic (exact) mass is 362 g/mol. The first-order chi connectivity index (χ1) is 13.7. The van der Waals surface area contributed by atoms with Crippen LogP contribution in [-0.4, -0.2) is 4.57 Å². The second-order valence-corrected chi connectivity index (χ2v) is 7.30. The Kier molecular flexibility index (Phi) is 2.78. The number of benzene rings is 3. The molecule has 28 heavy (non-hydrogen) atoms. The molecule has 0 bridgehead atoms. The van der Waals surface area contributed by atoms with Gasteiger partial charge in [-0.1, -0.05) is 36.4 Å². The fourth-order valence-corrected chi connectivity index (χ4v) is 4.64. The van der Waals surface area contributed by atoms with Crippen LogP contribution in [0.4, 0.5) is 0 Å². The zero-order valence-electron chi connectivity index (χ0n) is 15.5. The lowest BCUT2D eigenvalue weighted by Crippen LogP contribution is -2.23. The molecule has 0 amide bonds. The first kappa shape index (κ1) is 15.2. The normalized spacial score (nSPS) is 11.9. The van der Waals surface area contributed by atoms with Crippen molar-refractivity contribution < 1.29 is 8.82 Å². The Morgan fingerprint density at radius 2 is 1.86 bits per heavy atom. The van der Waals surface area contributed by atoms with Gasteiger partial charge in [0.25, 0.3) is 5.65 Å². The quantitative estimate of drug-likeness (QED) is 0.277. The van der Waals surface area contributed by atoms with E-state index < -0.39 is 0 Å². The van der Waals surface area contributed by atoms with Crippen LogP contribution in [0.3, 0.4) is 0 Å². The molecule has 6 aromatic rings. The van der Waals surface area contributed by atoms with Crippen LogP contribution in [0.2, 0.25) is 0 Å². The number of furan rings is 1. The van der Waals surface area contributed by atoms with Gasteiger partial charge in [0.2, 0.25) is 5.52 Å². The fourth-order valence-electron chi connectivity index (χ4n) is 4.64. The summed E-state index contributed by atoms with van der Waals surface area (Å²) in [6.07, 6.45) is 1.65. The summed E-state index contributed by atoms with van der Waals surface area (Å²) in [5, 5.41) is 14.6. The Balaban J connectivity index is 2.10.